The van der Waals surface area contributed by atoms with Crippen LogP contribution in [0.1, 0.15) is 11.1 Å². The number of hydrogen-bond donors (Lipinski definition) is 2. The van der Waals surface area contributed by atoms with E-state index in [1.807, 2.05) is 0 Å². The Kier molecular flexibility index (Phi) is 6.26. The van der Waals surface area contributed by atoms with Gasteiger partial charge >= 0.3 is 6.18 Å². The summed E-state index contributed by atoms with van der Waals surface area (Å²) in [6, 6.07) is 13.1. The highest BCUT2D eigenvalue weighted by atomic mass is 35.5. The number of amides is 1. The number of para-hydroxylation sites is 1. The molecule has 0 aromatic heterocycles. The summed E-state index contributed by atoms with van der Waals surface area (Å²) in [6.45, 7) is 0.290. The molecule has 0 saturated heterocycles. The van der Waals surface area contributed by atoms with E-state index in [1.54, 1.807) is 30.3 Å². The first-order valence-electron chi connectivity index (χ1n) is 7.37. The van der Waals surface area contributed by atoms with Gasteiger partial charge in [0, 0.05) is 17.8 Å². The predicted octanol–water partition coefficient (Wildman–Crippen LogP) is 4.49. The van der Waals surface area contributed by atoms with Crippen LogP contribution in [-0.2, 0) is 17.5 Å². The van der Waals surface area contributed by atoms with E-state index in [9.17, 15) is 18.0 Å². The van der Waals surface area contributed by atoms with Crippen LogP contribution in [0.2, 0.25) is 5.02 Å². The maximum atomic E-state index is 13.0. The van der Waals surface area contributed by atoms with Crippen molar-refractivity contribution in [3.63, 3.8) is 0 Å². The number of nitrogens with zero attached hydrogens (tertiary/aromatic N) is 1. The lowest BCUT2D eigenvalue weighted by Crippen LogP contribution is -2.19. The number of alkyl halides is 3. The number of halogens is 4. The number of nitriles is 1. The molecule has 2 aromatic carbocycles. The van der Waals surface area contributed by atoms with Crippen LogP contribution in [0.15, 0.2) is 60.3 Å². The van der Waals surface area contributed by atoms with Gasteiger partial charge in [0.15, 0.2) is 0 Å². The van der Waals surface area contributed by atoms with Crippen molar-refractivity contribution in [1.29, 1.82) is 5.26 Å². The molecule has 2 N–H and O–H groups in total. The SMILES string of the molecule is N#C/C(=C/NCc1cccc(Cl)c1)C(=O)Nc1ccccc1C(F)(F)F. The van der Waals surface area contributed by atoms with Crippen molar-refractivity contribution in [2.45, 2.75) is 12.7 Å². The highest BCUT2D eigenvalue weighted by Gasteiger charge is 2.33. The van der Waals surface area contributed by atoms with Gasteiger partial charge in [-0.25, -0.2) is 0 Å². The summed E-state index contributed by atoms with van der Waals surface area (Å²) in [5.74, 6) is -0.942. The third kappa shape index (κ3) is 5.26. The maximum Gasteiger partial charge on any atom is 0.418 e. The summed E-state index contributed by atoms with van der Waals surface area (Å²) in [5.41, 5.74) is -0.948. The summed E-state index contributed by atoms with van der Waals surface area (Å²) >= 11 is 5.85. The number of anilines is 1. The van der Waals surface area contributed by atoms with E-state index in [2.05, 4.69) is 10.6 Å². The third-order valence-electron chi connectivity index (χ3n) is 3.29. The molecule has 8 heteroatoms. The average Bonchev–Trinajstić information content (AvgIpc) is 2.58. The van der Waals surface area contributed by atoms with Crippen molar-refractivity contribution in [2.24, 2.45) is 0 Å². The van der Waals surface area contributed by atoms with Crippen molar-refractivity contribution in [2.75, 3.05) is 5.32 Å². The zero-order chi connectivity index (χ0) is 19.2. The Morgan fingerprint density at radius 2 is 1.92 bits per heavy atom. The van der Waals surface area contributed by atoms with Crippen LogP contribution in [0.4, 0.5) is 18.9 Å². The zero-order valence-corrected chi connectivity index (χ0v) is 14.0. The monoisotopic (exact) mass is 379 g/mol. The largest absolute Gasteiger partial charge is 0.418 e. The summed E-state index contributed by atoms with van der Waals surface area (Å²) in [6.07, 6.45) is -3.47. The summed E-state index contributed by atoms with van der Waals surface area (Å²) < 4.78 is 38.9. The Labute approximate surface area is 152 Å². The molecule has 0 bridgehead atoms. The van der Waals surface area contributed by atoms with Crippen molar-refractivity contribution >= 4 is 23.2 Å². The highest BCUT2D eigenvalue weighted by Crippen LogP contribution is 2.34. The average molecular weight is 380 g/mol. The third-order valence-corrected chi connectivity index (χ3v) is 3.52. The summed E-state index contributed by atoms with van der Waals surface area (Å²) in [5, 5.41) is 14.5. The van der Waals surface area contributed by atoms with Crippen molar-refractivity contribution in [3.8, 4) is 6.07 Å². The van der Waals surface area contributed by atoms with Crippen LogP contribution in [0, 0.1) is 11.3 Å². The standard InChI is InChI=1S/C18H13ClF3N3O/c19-14-5-3-4-12(8-14)10-24-11-13(9-23)17(26)25-16-7-2-1-6-15(16)18(20,21)22/h1-8,11,24H,10H2,(H,25,26)/b13-11-. The number of nitrogens with one attached hydrogen (secondary N) is 2. The predicted molar refractivity (Wildman–Crippen MR) is 92.1 cm³/mol. The van der Waals surface area contributed by atoms with Crippen LogP contribution < -0.4 is 10.6 Å². The molecule has 1 amide bonds. The van der Waals surface area contributed by atoms with E-state index >= 15 is 0 Å². The minimum atomic E-state index is -4.62. The molecule has 0 unspecified atom stereocenters. The molecule has 4 nitrogen and oxygen atoms in total. The topological polar surface area (TPSA) is 64.9 Å². The van der Waals surface area contributed by atoms with Crippen molar-refractivity contribution in [1.82, 2.24) is 5.32 Å². The van der Waals surface area contributed by atoms with E-state index in [0.29, 0.717) is 5.02 Å². The smallest absolute Gasteiger partial charge is 0.386 e. The molecule has 0 heterocycles. The van der Waals surface area contributed by atoms with Gasteiger partial charge in [-0.3, -0.25) is 4.79 Å². The Hall–Kier alpha value is -2.98. The molecule has 0 aliphatic rings. The molecule has 0 saturated carbocycles. The minimum Gasteiger partial charge on any atom is -0.386 e. The fourth-order valence-electron chi connectivity index (χ4n) is 2.10. The van der Waals surface area contributed by atoms with Crippen molar-refractivity contribution in [3.05, 3.63) is 76.5 Å². The number of benzene rings is 2. The highest BCUT2D eigenvalue weighted by molar-refractivity contribution is 6.30. The first-order chi connectivity index (χ1) is 12.3. The first-order valence-corrected chi connectivity index (χ1v) is 7.74. The van der Waals surface area contributed by atoms with Gasteiger partial charge in [0.1, 0.15) is 11.6 Å². The van der Waals surface area contributed by atoms with E-state index in [-0.39, 0.29) is 12.1 Å². The quantitative estimate of drug-likeness (QED) is 0.594. The Morgan fingerprint density at radius 1 is 1.19 bits per heavy atom. The van der Waals surface area contributed by atoms with Gasteiger partial charge in [-0.1, -0.05) is 35.9 Å². The lowest BCUT2D eigenvalue weighted by molar-refractivity contribution is -0.137. The fourth-order valence-corrected chi connectivity index (χ4v) is 2.31. The first kappa shape index (κ1) is 19.3. The van der Waals surface area contributed by atoms with E-state index in [0.717, 1.165) is 23.9 Å². The number of carbonyl (C=O) groups excluding carboxylic acids is 1. The van der Waals surface area contributed by atoms with Crippen LogP contribution >= 0.6 is 11.6 Å². The van der Waals surface area contributed by atoms with Gasteiger partial charge in [0.25, 0.3) is 5.91 Å². The maximum absolute atomic E-state index is 13.0. The van der Waals surface area contributed by atoms with Crippen LogP contribution in [0.5, 0.6) is 0 Å². The molecular formula is C18H13ClF3N3O. The number of carbonyl (C=O) groups is 1. The van der Waals surface area contributed by atoms with E-state index in [4.69, 9.17) is 16.9 Å². The van der Waals surface area contributed by atoms with E-state index in [1.165, 1.54) is 12.1 Å². The molecule has 0 aliphatic carbocycles. The molecule has 134 valence electrons. The Balaban J connectivity index is 2.09. The molecule has 0 aliphatic heterocycles. The molecule has 0 radical (unpaired) electrons. The van der Waals surface area contributed by atoms with Gasteiger partial charge < -0.3 is 10.6 Å². The van der Waals surface area contributed by atoms with Gasteiger partial charge in [-0.2, -0.15) is 18.4 Å². The normalized spacial score (nSPS) is 11.6. The number of rotatable bonds is 5. The van der Waals surface area contributed by atoms with Crippen LogP contribution in [0.25, 0.3) is 0 Å². The fraction of sp³-hybridized carbons (Fsp3) is 0.111. The minimum absolute atomic E-state index is 0.290. The molecule has 0 spiro atoms. The molecule has 2 rings (SSSR count). The second-order valence-electron chi connectivity index (χ2n) is 5.18. The van der Waals surface area contributed by atoms with Crippen molar-refractivity contribution < 1.29 is 18.0 Å². The second-order valence-corrected chi connectivity index (χ2v) is 5.61. The van der Waals surface area contributed by atoms with Crippen LogP contribution in [0.3, 0.4) is 0 Å². The Morgan fingerprint density at radius 3 is 2.58 bits per heavy atom. The van der Waals surface area contributed by atoms with Gasteiger partial charge in [-0.05, 0) is 29.8 Å². The van der Waals surface area contributed by atoms with Gasteiger partial charge in [-0.15, -0.1) is 0 Å². The molecule has 0 fully saturated rings. The molecule has 2 aromatic rings. The molecular weight excluding hydrogens is 367 g/mol. The summed E-state index contributed by atoms with van der Waals surface area (Å²) in [7, 11) is 0. The lowest BCUT2D eigenvalue weighted by atomic mass is 10.1. The van der Waals surface area contributed by atoms with Gasteiger partial charge in [0.05, 0.1) is 11.3 Å². The second kappa shape index (κ2) is 8.41. The van der Waals surface area contributed by atoms with Gasteiger partial charge in [0.2, 0.25) is 0 Å². The molecule has 26 heavy (non-hydrogen) atoms. The molecule has 0 atom stereocenters. The van der Waals surface area contributed by atoms with E-state index < -0.39 is 23.3 Å². The zero-order valence-electron chi connectivity index (χ0n) is 13.3. The van der Waals surface area contributed by atoms with Crippen LogP contribution in [-0.4, -0.2) is 5.91 Å². The lowest BCUT2D eigenvalue weighted by Gasteiger charge is -2.13. The Bertz CT molecular complexity index is 872. The number of hydrogen-bond acceptors (Lipinski definition) is 3. The summed E-state index contributed by atoms with van der Waals surface area (Å²) in [4.78, 5) is 12.1.